The van der Waals surface area contributed by atoms with Crippen molar-refractivity contribution in [2.24, 2.45) is 4.99 Å². The Morgan fingerprint density at radius 3 is 2.48 bits per heavy atom. The molecule has 0 heterocycles. The molecule has 1 unspecified atom stereocenters. The summed E-state index contributed by atoms with van der Waals surface area (Å²) in [5, 5.41) is 12.2. The zero-order valence-corrected chi connectivity index (χ0v) is 13.5. The van der Waals surface area contributed by atoms with Gasteiger partial charge in [0.05, 0.1) is 5.69 Å². The van der Waals surface area contributed by atoms with Gasteiger partial charge >= 0.3 is 0 Å². The van der Waals surface area contributed by atoms with E-state index in [2.05, 4.69) is 31.0 Å². The minimum Gasteiger partial charge on any atom is -0.507 e. The number of benzene rings is 3. The summed E-state index contributed by atoms with van der Waals surface area (Å²) >= 11 is 0. The van der Waals surface area contributed by atoms with Crippen LogP contribution in [0.25, 0.3) is 10.8 Å². The lowest BCUT2D eigenvalue weighted by molar-refractivity contribution is 0.475. The molecule has 0 saturated carbocycles. The first-order chi connectivity index (χ1) is 11.2. The van der Waals surface area contributed by atoms with Gasteiger partial charge in [-0.1, -0.05) is 56.3 Å². The molecule has 3 aromatic carbocycles. The average molecular weight is 303 g/mol. The molecule has 0 saturated heterocycles. The Morgan fingerprint density at radius 1 is 1.00 bits per heavy atom. The Bertz CT molecular complexity index is 834. The lowest BCUT2D eigenvalue weighted by Gasteiger charge is -2.08. The second kappa shape index (κ2) is 6.66. The highest BCUT2D eigenvalue weighted by atomic mass is 16.3. The van der Waals surface area contributed by atoms with Crippen LogP contribution in [0, 0.1) is 0 Å². The molecule has 1 N–H and O–H groups in total. The summed E-state index contributed by atoms with van der Waals surface area (Å²) in [4.78, 5) is 4.53. The van der Waals surface area contributed by atoms with Gasteiger partial charge < -0.3 is 5.11 Å². The topological polar surface area (TPSA) is 32.6 Å². The van der Waals surface area contributed by atoms with Gasteiger partial charge in [-0.05, 0) is 46.9 Å². The summed E-state index contributed by atoms with van der Waals surface area (Å²) in [6.45, 7) is 4.42. The number of fused-ring (bicyclic) bond motifs is 1. The van der Waals surface area contributed by atoms with Crippen molar-refractivity contribution in [1.29, 1.82) is 0 Å². The average Bonchev–Trinajstić information content (AvgIpc) is 2.60. The van der Waals surface area contributed by atoms with E-state index in [1.165, 1.54) is 5.56 Å². The van der Waals surface area contributed by atoms with Crippen molar-refractivity contribution in [2.45, 2.75) is 26.2 Å². The number of aromatic hydroxyl groups is 1. The Labute approximate surface area is 137 Å². The smallest absolute Gasteiger partial charge is 0.124 e. The van der Waals surface area contributed by atoms with Crippen LogP contribution in [-0.4, -0.2) is 11.3 Å². The van der Waals surface area contributed by atoms with Crippen molar-refractivity contribution in [3.05, 3.63) is 71.8 Å². The maximum absolute atomic E-state index is 10.1. The lowest BCUT2D eigenvalue weighted by atomic mass is 9.99. The van der Waals surface area contributed by atoms with Crippen LogP contribution >= 0.6 is 0 Å². The third kappa shape index (κ3) is 3.26. The van der Waals surface area contributed by atoms with Crippen LogP contribution < -0.4 is 0 Å². The molecule has 0 amide bonds. The van der Waals surface area contributed by atoms with Gasteiger partial charge in [-0.25, -0.2) is 0 Å². The molecule has 0 bridgehead atoms. The Kier molecular flexibility index (Phi) is 4.42. The molecule has 2 nitrogen and oxygen atoms in total. The zero-order valence-electron chi connectivity index (χ0n) is 13.5. The van der Waals surface area contributed by atoms with E-state index >= 15 is 0 Å². The van der Waals surface area contributed by atoms with E-state index in [9.17, 15) is 5.11 Å². The first kappa shape index (κ1) is 15.3. The Hall–Kier alpha value is -2.61. The van der Waals surface area contributed by atoms with Gasteiger partial charge in [0.1, 0.15) is 5.75 Å². The molecular formula is C21H21NO. The Balaban J connectivity index is 1.92. The van der Waals surface area contributed by atoms with Crippen molar-refractivity contribution in [1.82, 2.24) is 0 Å². The zero-order chi connectivity index (χ0) is 16.2. The highest BCUT2D eigenvalue weighted by Gasteiger charge is 2.05. The van der Waals surface area contributed by atoms with E-state index in [1.54, 1.807) is 12.3 Å². The van der Waals surface area contributed by atoms with E-state index < -0.39 is 0 Å². The Morgan fingerprint density at radius 2 is 1.74 bits per heavy atom. The summed E-state index contributed by atoms with van der Waals surface area (Å²) in [5.41, 5.74) is 2.98. The van der Waals surface area contributed by atoms with Gasteiger partial charge in [0.25, 0.3) is 0 Å². The molecule has 0 aliphatic carbocycles. The fraction of sp³-hybridized carbons (Fsp3) is 0.190. The molecule has 23 heavy (non-hydrogen) atoms. The molecule has 1 atom stereocenters. The number of phenols is 1. The summed E-state index contributed by atoms with van der Waals surface area (Å²) in [7, 11) is 0. The monoisotopic (exact) mass is 303 g/mol. The number of hydrogen-bond donors (Lipinski definition) is 1. The van der Waals surface area contributed by atoms with Crippen molar-refractivity contribution in [3.63, 3.8) is 0 Å². The van der Waals surface area contributed by atoms with Gasteiger partial charge in [0.2, 0.25) is 0 Å². The van der Waals surface area contributed by atoms with Crippen molar-refractivity contribution in [3.8, 4) is 5.75 Å². The summed E-state index contributed by atoms with van der Waals surface area (Å²) in [5.74, 6) is 0.818. The lowest BCUT2D eigenvalue weighted by Crippen LogP contribution is -1.89. The van der Waals surface area contributed by atoms with Crippen LogP contribution in [0.2, 0.25) is 0 Å². The molecule has 0 aliphatic rings. The maximum Gasteiger partial charge on any atom is 0.124 e. The van der Waals surface area contributed by atoms with Gasteiger partial charge in [-0.2, -0.15) is 0 Å². The van der Waals surface area contributed by atoms with Crippen molar-refractivity contribution < 1.29 is 5.11 Å². The largest absolute Gasteiger partial charge is 0.507 e. The van der Waals surface area contributed by atoms with E-state index in [4.69, 9.17) is 0 Å². The molecule has 3 rings (SSSR count). The van der Waals surface area contributed by atoms with Gasteiger partial charge in [-0.3, -0.25) is 4.99 Å². The number of aliphatic imine (C=N–C) groups is 1. The van der Waals surface area contributed by atoms with Gasteiger partial charge in [-0.15, -0.1) is 0 Å². The van der Waals surface area contributed by atoms with Gasteiger partial charge in [0, 0.05) is 11.8 Å². The minimum atomic E-state index is 0.253. The number of hydrogen-bond acceptors (Lipinski definition) is 2. The van der Waals surface area contributed by atoms with Gasteiger partial charge in [0.15, 0.2) is 0 Å². The summed E-state index contributed by atoms with van der Waals surface area (Å²) < 4.78 is 0. The molecule has 2 heteroatoms. The SMILES string of the molecule is CCC(C)c1ccc(N=Cc2c(O)ccc3ccccc23)cc1. The number of rotatable bonds is 4. The van der Waals surface area contributed by atoms with Crippen LogP contribution in [0.3, 0.4) is 0 Å². The standard InChI is InChI=1S/C21H21NO/c1-3-15(2)16-8-11-18(12-9-16)22-14-20-19-7-5-4-6-17(19)10-13-21(20)23/h4-15,23H,3H2,1-2H3. The first-order valence-corrected chi connectivity index (χ1v) is 8.03. The maximum atomic E-state index is 10.1. The second-order valence-corrected chi connectivity index (χ2v) is 5.88. The third-order valence-electron chi connectivity index (χ3n) is 4.36. The van der Waals surface area contributed by atoms with Crippen molar-refractivity contribution in [2.75, 3.05) is 0 Å². The van der Waals surface area contributed by atoms with Crippen LogP contribution in [0.4, 0.5) is 5.69 Å². The van der Waals surface area contributed by atoms with Crippen molar-refractivity contribution >= 4 is 22.7 Å². The fourth-order valence-corrected chi connectivity index (χ4v) is 2.68. The fourth-order valence-electron chi connectivity index (χ4n) is 2.68. The summed E-state index contributed by atoms with van der Waals surface area (Å²) in [6, 6.07) is 20.0. The normalized spacial score (nSPS) is 12.8. The molecule has 0 aromatic heterocycles. The molecule has 116 valence electrons. The third-order valence-corrected chi connectivity index (χ3v) is 4.36. The van der Waals surface area contributed by atoms with Crippen LogP contribution in [0.1, 0.15) is 37.3 Å². The molecule has 0 fully saturated rings. The predicted molar refractivity (Wildman–Crippen MR) is 98.0 cm³/mol. The van der Waals surface area contributed by atoms with Crippen LogP contribution in [0.15, 0.2) is 65.7 Å². The molecular weight excluding hydrogens is 282 g/mol. The van der Waals surface area contributed by atoms with E-state index in [1.807, 2.05) is 42.5 Å². The molecule has 0 radical (unpaired) electrons. The first-order valence-electron chi connectivity index (χ1n) is 8.03. The van der Waals surface area contributed by atoms with Crippen LogP contribution in [0.5, 0.6) is 5.75 Å². The summed E-state index contributed by atoms with van der Waals surface area (Å²) in [6.07, 6.45) is 2.88. The molecule has 0 aliphatic heterocycles. The number of phenolic OH excluding ortho intramolecular Hbond substituents is 1. The van der Waals surface area contributed by atoms with Crippen LogP contribution in [-0.2, 0) is 0 Å². The molecule has 0 spiro atoms. The highest BCUT2D eigenvalue weighted by molar-refractivity contribution is 6.02. The van der Waals surface area contributed by atoms with E-state index in [0.717, 1.165) is 28.4 Å². The second-order valence-electron chi connectivity index (χ2n) is 5.88. The predicted octanol–water partition coefficient (Wildman–Crippen LogP) is 5.81. The molecule has 3 aromatic rings. The minimum absolute atomic E-state index is 0.253. The number of nitrogens with zero attached hydrogens (tertiary/aromatic N) is 1. The quantitative estimate of drug-likeness (QED) is 0.606. The van der Waals surface area contributed by atoms with E-state index in [0.29, 0.717) is 5.92 Å². The van der Waals surface area contributed by atoms with E-state index in [-0.39, 0.29) is 5.75 Å². The highest BCUT2D eigenvalue weighted by Crippen LogP contribution is 2.27.